The van der Waals surface area contributed by atoms with E-state index in [1.165, 1.54) is 18.3 Å². The number of allylic oxidation sites excluding steroid dienone is 1. The van der Waals surface area contributed by atoms with Gasteiger partial charge in [-0.1, -0.05) is 35.6 Å². The number of rotatable bonds is 6. The largest absolute Gasteiger partial charge is 0.513 e. The highest BCUT2D eigenvalue weighted by molar-refractivity contribution is 7.92. The van der Waals surface area contributed by atoms with Crippen molar-refractivity contribution in [3.05, 3.63) is 48.2 Å². The minimum absolute atomic E-state index is 0.0362. The van der Waals surface area contributed by atoms with Crippen LogP contribution < -0.4 is 10.1 Å². The van der Waals surface area contributed by atoms with E-state index in [0.29, 0.717) is 0 Å². The zero-order valence-corrected chi connectivity index (χ0v) is 17.3. The predicted octanol–water partition coefficient (Wildman–Crippen LogP) is 3.67. The Labute approximate surface area is 172 Å². The number of benzene rings is 1. The van der Waals surface area contributed by atoms with Gasteiger partial charge in [-0.2, -0.15) is 0 Å². The van der Waals surface area contributed by atoms with Crippen LogP contribution in [0, 0.1) is 5.92 Å². The standard InChI is InChI=1S/C19H20N2O6S2/c1-29(24,25)16-11-20-18(28-16)21-17(22)14-9-5-6-10-15(14)27-19(23)26-12-13-7-3-2-4-8-13/h3,5-7,9-11,13H,2,4,8,12H2,1H3,(H,20,21,22). The minimum Gasteiger partial charge on any atom is -0.433 e. The van der Waals surface area contributed by atoms with Crippen molar-refractivity contribution >= 4 is 38.4 Å². The lowest BCUT2D eigenvalue weighted by Gasteiger charge is -2.16. The average Bonchev–Trinajstić information content (AvgIpc) is 3.16. The van der Waals surface area contributed by atoms with E-state index in [0.717, 1.165) is 36.9 Å². The summed E-state index contributed by atoms with van der Waals surface area (Å²) in [6, 6.07) is 6.19. The SMILES string of the molecule is CS(=O)(=O)c1cnc(NC(=O)c2ccccc2OC(=O)OCC2C=CCCC2)s1. The van der Waals surface area contributed by atoms with Crippen molar-refractivity contribution in [1.82, 2.24) is 4.98 Å². The maximum absolute atomic E-state index is 12.5. The van der Waals surface area contributed by atoms with Gasteiger partial charge in [0.15, 0.2) is 15.0 Å². The van der Waals surface area contributed by atoms with Crippen LogP contribution in [0.15, 0.2) is 46.8 Å². The molecule has 1 aliphatic carbocycles. The van der Waals surface area contributed by atoms with Gasteiger partial charge >= 0.3 is 6.16 Å². The summed E-state index contributed by atoms with van der Waals surface area (Å²) in [7, 11) is -3.41. The van der Waals surface area contributed by atoms with E-state index in [4.69, 9.17) is 9.47 Å². The summed E-state index contributed by atoms with van der Waals surface area (Å²) in [5, 5.41) is 2.63. The highest BCUT2D eigenvalue weighted by Gasteiger charge is 2.19. The number of carbonyl (C=O) groups is 2. The molecule has 2 aromatic rings. The van der Waals surface area contributed by atoms with E-state index in [1.807, 2.05) is 6.08 Å². The molecule has 1 aromatic heterocycles. The number of amides is 1. The lowest BCUT2D eigenvalue weighted by molar-refractivity contribution is 0.0871. The molecule has 3 rings (SSSR count). The second-order valence-electron chi connectivity index (χ2n) is 6.49. The summed E-state index contributed by atoms with van der Waals surface area (Å²) in [4.78, 5) is 28.5. The summed E-state index contributed by atoms with van der Waals surface area (Å²) in [5.41, 5.74) is 0.0955. The van der Waals surface area contributed by atoms with Crippen molar-refractivity contribution in [2.45, 2.75) is 23.5 Å². The molecule has 1 heterocycles. The molecule has 29 heavy (non-hydrogen) atoms. The fourth-order valence-electron chi connectivity index (χ4n) is 2.71. The van der Waals surface area contributed by atoms with Gasteiger partial charge in [0, 0.05) is 12.2 Å². The number of nitrogens with zero attached hydrogens (tertiary/aromatic N) is 1. The first-order valence-electron chi connectivity index (χ1n) is 8.90. The number of carbonyl (C=O) groups excluding carboxylic acids is 2. The maximum atomic E-state index is 12.5. The van der Waals surface area contributed by atoms with Gasteiger partial charge < -0.3 is 9.47 Å². The molecule has 1 aliphatic rings. The number of ether oxygens (including phenoxy) is 2. The van der Waals surface area contributed by atoms with Crippen LogP contribution in [0.1, 0.15) is 29.6 Å². The molecule has 0 fully saturated rings. The highest BCUT2D eigenvalue weighted by atomic mass is 32.2. The van der Waals surface area contributed by atoms with Crippen LogP contribution in [0.25, 0.3) is 0 Å². The first-order valence-corrected chi connectivity index (χ1v) is 11.6. The number of para-hydroxylation sites is 1. The normalized spacial score (nSPS) is 16.2. The molecule has 1 aromatic carbocycles. The molecule has 1 unspecified atom stereocenters. The quantitative estimate of drug-likeness (QED) is 0.418. The molecule has 0 aliphatic heterocycles. The third kappa shape index (κ3) is 5.88. The van der Waals surface area contributed by atoms with E-state index in [1.54, 1.807) is 12.1 Å². The maximum Gasteiger partial charge on any atom is 0.513 e. The van der Waals surface area contributed by atoms with Crippen LogP contribution in [0.2, 0.25) is 0 Å². The Kier molecular flexibility index (Phi) is 6.65. The van der Waals surface area contributed by atoms with E-state index in [-0.39, 0.29) is 33.2 Å². The Morgan fingerprint density at radius 1 is 1.31 bits per heavy atom. The molecule has 1 atom stereocenters. The summed E-state index contributed by atoms with van der Waals surface area (Å²) in [6.45, 7) is 0.219. The van der Waals surface area contributed by atoms with Gasteiger partial charge in [0.25, 0.3) is 5.91 Å². The minimum atomic E-state index is -3.41. The molecule has 0 bridgehead atoms. The van der Waals surface area contributed by atoms with Gasteiger partial charge in [0.05, 0.1) is 11.8 Å². The Morgan fingerprint density at radius 2 is 2.10 bits per heavy atom. The van der Waals surface area contributed by atoms with Crippen molar-refractivity contribution in [2.24, 2.45) is 5.92 Å². The molecule has 0 spiro atoms. The molecular weight excluding hydrogens is 416 g/mol. The van der Waals surface area contributed by atoms with Crippen molar-refractivity contribution in [3.8, 4) is 5.75 Å². The summed E-state index contributed by atoms with van der Waals surface area (Å²) in [6.07, 6.45) is 8.48. The number of anilines is 1. The van der Waals surface area contributed by atoms with E-state index < -0.39 is 21.9 Å². The Bertz CT molecular complexity index is 1030. The molecule has 1 amide bonds. The topological polar surface area (TPSA) is 112 Å². The van der Waals surface area contributed by atoms with Gasteiger partial charge in [0.2, 0.25) is 0 Å². The van der Waals surface area contributed by atoms with E-state index >= 15 is 0 Å². The Morgan fingerprint density at radius 3 is 2.79 bits per heavy atom. The fraction of sp³-hybridized carbons (Fsp3) is 0.316. The highest BCUT2D eigenvalue weighted by Crippen LogP contribution is 2.25. The van der Waals surface area contributed by atoms with Crippen molar-refractivity contribution < 1.29 is 27.5 Å². The number of sulfone groups is 1. The Hall–Kier alpha value is -2.72. The van der Waals surface area contributed by atoms with Crippen LogP contribution >= 0.6 is 11.3 Å². The number of hydrogen-bond acceptors (Lipinski definition) is 8. The second-order valence-corrected chi connectivity index (χ2v) is 9.76. The molecule has 10 heteroatoms. The zero-order chi connectivity index (χ0) is 20.9. The molecule has 0 saturated heterocycles. The summed E-state index contributed by atoms with van der Waals surface area (Å²) in [5.74, 6) is -0.379. The third-order valence-electron chi connectivity index (χ3n) is 4.16. The van der Waals surface area contributed by atoms with Gasteiger partial charge in [-0.05, 0) is 31.4 Å². The van der Waals surface area contributed by atoms with E-state index in [2.05, 4.69) is 16.4 Å². The molecule has 1 N–H and O–H groups in total. The number of hydrogen-bond donors (Lipinski definition) is 1. The molecule has 0 saturated carbocycles. The number of nitrogens with one attached hydrogen (secondary N) is 1. The molecule has 154 valence electrons. The first-order chi connectivity index (χ1) is 13.8. The van der Waals surface area contributed by atoms with Gasteiger partial charge in [0.1, 0.15) is 16.6 Å². The van der Waals surface area contributed by atoms with E-state index in [9.17, 15) is 18.0 Å². The fourth-order valence-corrected chi connectivity index (χ4v) is 4.34. The van der Waals surface area contributed by atoms with Crippen LogP contribution in [0.4, 0.5) is 9.93 Å². The van der Waals surface area contributed by atoms with Gasteiger partial charge in [-0.25, -0.2) is 18.2 Å². The lowest BCUT2D eigenvalue weighted by Crippen LogP contribution is -2.19. The summed E-state index contributed by atoms with van der Waals surface area (Å²) < 4.78 is 33.5. The van der Waals surface area contributed by atoms with Crippen LogP contribution in [0.3, 0.4) is 0 Å². The lowest BCUT2D eigenvalue weighted by atomic mass is 9.97. The van der Waals surface area contributed by atoms with Crippen LogP contribution in [-0.2, 0) is 14.6 Å². The number of thiazole rings is 1. The van der Waals surface area contributed by atoms with Crippen LogP contribution in [-0.4, -0.2) is 38.3 Å². The van der Waals surface area contributed by atoms with Crippen LogP contribution in [0.5, 0.6) is 5.75 Å². The first kappa shape index (κ1) is 21.0. The number of aromatic nitrogens is 1. The summed E-state index contributed by atoms with van der Waals surface area (Å²) >= 11 is 0.837. The molecule has 0 radical (unpaired) electrons. The van der Waals surface area contributed by atoms with Gasteiger partial charge in [-0.3, -0.25) is 10.1 Å². The molecule has 8 nitrogen and oxygen atoms in total. The zero-order valence-electron chi connectivity index (χ0n) is 15.7. The predicted molar refractivity (Wildman–Crippen MR) is 108 cm³/mol. The van der Waals surface area contributed by atoms with Crippen molar-refractivity contribution in [3.63, 3.8) is 0 Å². The monoisotopic (exact) mass is 436 g/mol. The van der Waals surface area contributed by atoms with Crippen molar-refractivity contribution in [2.75, 3.05) is 18.2 Å². The Balaban J connectivity index is 1.64. The van der Waals surface area contributed by atoms with Gasteiger partial charge in [-0.15, -0.1) is 0 Å². The molecular formula is C19H20N2O6S2. The van der Waals surface area contributed by atoms with Crippen molar-refractivity contribution in [1.29, 1.82) is 0 Å². The third-order valence-corrected chi connectivity index (χ3v) is 6.87. The average molecular weight is 437 g/mol. The smallest absolute Gasteiger partial charge is 0.433 e. The second kappa shape index (κ2) is 9.19.